The molecule has 3 heteroatoms. The van der Waals surface area contributed by atoms with E-state index in [0.29, 0.717) is 5.92 Å². The molecule has 0 aromatic carbocycles. The van der Waals surface area contributed by atoms with Crippen molar-refractivity contribution >= 4 is 11.9 Å². The first-order valence-electron chi connectivity index (χ1n) is 3.95. The molecule has 3 nitrogen and oxygen atoms in total. The summed E-state index contributed by atoms with van der Waals surface area (Å²) < 4.78 is 4.52. The number of carbonyl (C=O) groups excluding carboxylic acids is 2. The van der Waals surface area contributed by atoms with E-state index in [1.807, 2.05) is 6.92 Å². The number of rotatable bonds is 0. The van der Waals surface area contributed by atoms with Crippen molar-refractivity contribution in [2.75, 3.05) is 0 Å². The Balaban J connectivity index is 2.28. The van der Waals surface area contributed by atoms with Gasteiger partial charge in [0.15, 0.2) is 0 Å². The molecule has 0 aromatic rings. The Hall–Kier alpha value is -0.860. The van der Waals surface area contributed by atoms with Crippen molar-refractivity contribution in [3.05, 3.63) is 0 Å². The van der Waals surface area contributed by atoms with Crippen LogP contribution in [0.3, 0.4) is 0 Å². The lowest BCUT2D eigenvalue weighted by Crippen LogP contribution is -2.15. The monoisotopic (exact) mass is 154 g/mol. The Kier molecular flexibility index (Phi) is 1.28. The van der Waals surface area contributed by atoms with Gasteiger partial charge in [0.1, 0.15) is 0 Å². The molecule has 60 valence electrons. The van der Waals surface area contributed by atoms with Gasteiger partial charge in [-0.05, 0) is 18.8 Å². The fourth-order valence-electron chi connectivity index (χ4n) is 2.10. The molecule has 0 N–H and O–H groups in total. The molecule has 3 atom stereocenters. The topological polar surface area (TPSA) is 43.4 Å². The van der Waals surface area contributed by atoms with Gasteiger partial charge in [0.2, 0.25) is 0 Å². The molecular formula is C8H10O3. The Morgan fingerprint density at radius 2 is 2.00 bits per heavy atom. The van der Waals surface area contributed by atoms with Crippen molar-refractivity contribution in [2.45, 2.75) is 19.8 Å². The summed E-state index contributed by atoms with van der Waals surface area (Å²) in [5.74, 6) is -0.506. The van der Waals surface area contributed by atoms with Gasteiger partial charge >= 0.3 is 11.9 Å². The van der Waals surface area contributed by atoms with E-state index in [1.165, 1.54) is 0 Å². The Bertz CT molecular complexity index is 221. The summed E-state index contributed by atoms with van der Waals surface area (Å²) in [4.78, 5) is 22.0. The van der Waals surface area contributed by atoms with Gasteiger partial charge in [0.05, 0.1) is 11.8 Å². The third-order valence-corrected chi connectivity index (χ3v) is 2.76. The van der Waals surface area contributed by atoms with E-state index in [2.05, 4.69) is 4.74 Å². The van der Waals surface area contributed by atoms with Crippen molar-refractivity contribution in [3.8, 4) is 0 Å². The summed E-state index contributed by atoms with van der Waals surface area (Å²) in [7, 11) is 0. The minimum Gasteiger partial charge on any atom is -0.393 e. The third-order valence-electron chi connectivity index (χ3n) is 2.76. The van der Waals surface area contributed by atoms with E-state index in [4.69, 9.17) is 0 Å². The molecule has 1 saturated carbocycles. The van der Waals surface area contributed by atoms with Crippen LogP contribution in [0.15, 0.2) is 0 Å². The van der Waals surface area contributed by atoms with Gasteiger partial charge in [-0.1, -0.05) is 6.92 Å². The fourth-order valence-corrected chi connectivity index (χ4v) is 2.10. The second-order valence-corrected chi connectivity index (χ2v) is 3.43. The molecule has 0 radical (unpaired) electrons. The normalized spacial score (nSPS) is 42.5. The smallest absolute Gasteiger partial charge is 0.317 e. The van der Waals surface area contributed by atoms with Crippen LogP contribution in [0.25, 0.3) is 0 Å². The molecule has 2 fully saturated rings. The van der Waals surface area contributed by atoms with E-state index in [-0.39, 0.29) is 23.8 Å². The predicted octanol–water partition coefficient (Wildman–Crippen LogP) is 0.732. The maximum atomic E-state index is 11.0. The van der Waals surface area contributed by atoms with Crippen molar-refractivity contribution in [1.82, 2.24) is 0 Å². The summed E-state index contributed by atoms with van der Waals surface area (Å²) in [5.41, 5.74) is 0. The first-order chi connectivity index (χ1) is 5.20. The van der Waals surface area contributed by atoms with E-state index in [9.17, 15) is 9.59 Å². The van der Waals surface area contributed by atoms with Crippen LogP contribution < -0.4 is 0 Å². The lowest BCUT2D eigenvalue weighted by molar-refractivity contribution is -0.154. The molecule has 0 spiro atoms. The molecule has 0 unspecified atom stereocenters. The van der Waals surface area contributed by atoms with Gasteiger partial charge in [-0.3, -0.25) is 9.59 Å². The highest BCUT2D eigenvalue weighted by molar-refractivity contribution is 5.97. The lowest BCUT2D eigenvalue weighted by atomic mass is 9.93. The van der Waals surface area contributed by atoms with E-state index in [1.54, 1.807) is 0 Å². The van der Waals surface area contributed by atoms with Gasteiger partial charge < -0.3 is 4.74 Å². The highest BCUT2D eigenvalue weighted by Gasteiger charge is 2.50. The number of ether oxygens (including phenoxy) is 1. The number of hydrogen-bond donors (Lipinski definition) is 0. The average molecular weight is 154 g/mol. The highest BCUT2D eigenvalue weighted by atomic mass is 16.6. The van der Waals surface area contributed by atoms with Crippen molar-refractivity contribution in [1.29, 1.82) is 0 Å². The first-order valence-corrected chi connectivity index (χ1v) is 3.95. The second kappa shape index (κ2) is 2.06. The summed E-state index contributed by atoms with van der Waals surface area (Å²) in [6, 6.07) is 0. The third kappa shape index (κ3) is 0.800. The highest BCUT2D eigenvalue weighted by Crippen LogP contribution is 2.42. The zero-order valence-corrected chi connectivity index (χ0v) is 6.37. The molecule has 2 rings (SSSR count). The van der Waals surface area contributed by atoms with Crippen LogP contribution in [0.4, 0.5) is 0 Å². The number of esters is 2. The molecule has 1 heterocycles. The van der Waals surface area contributed by atoms with Crippen LogP contribution in [-0.4, -0.2) is 11.9 Å². The number of fused-ring (bicyclic) bond motifs is 1. The van der Waals surface area contributed by atoms with Crippen LogP contribution in [0.1, 0.15) is 19.8 Å². The molecule has 1 aliphatic heterocycles. The zero-order valence-electron chi connectivity index (χ0n) is 6.37. The van der Waals surface area contributed by atoms with Gasteiger partial charge in [-0.25, -0.2) is 0 Å². The maximum Gasteiger partial charge on any atom is 0.317 e. The molecule has 2 aliphatic rings. The zero-order chi connectivity index (χ0) is 8.01. The first kappa shape index (κ1) is 6.83. The Morgan fingerprint density at radius 3 is 2.64 bits per heavy atom. The molecule has 11 heavy (non-hydrogen) atoms. The molecule has 1 saturated heterocycles. The van der Waals surface area contributed by atoms with Crippen LogP contribution in [-0.2, 0) is 14.3 Å². The lowest BCUT2D eigenvalue weighted by Gasteiger charge is -2.05. The molecule has 0 aromatic heterocycles. The Morgan fingerprint density at radius 1 is 1.27 bits per heavy atom. The van der Waals surface area contributed by atoms with Gasteiger partial charge in [0.25, 0.3) is 0 Å². The second-order valence-electron chi connectivity index (χ2n) is 3.43. The van der Waals surface area contributed by atoms with E-state index < -0.39 is 0 Å². The SMILES string of the molecule is C[C@@H]1CC[C@@H]2C(=O)OC(=O)[C@H]12. The molecule has 1 aliphatic carbocycles. The maximum absolute atomic E-state index is 11.0. The van der Waals surface area contributed by atoms with Gasteiger partial charge in [0, 0.05) is 0 Å². The van der Waals surface area contributed by atoms with Crippen LogP contribution in [0.2, 0.25) is 0 Å². The number of carbonyl (C=O) groups is 2. The quantitative estimate of drug-likeness (QED) is 0.381. The van der Waals surface area contributed by atoms with Crippen LogP contribution >= 0.6 is 0 Å². The van der Waals surface area contributed by atoms with E-state index >= 15 is 0 Å². The predicted molar refractivity (Wildman–Crippen MR) is 36.5 cm³/mol. The molecule has 0 amide bonds. The van der Waals surface area contributed by atoms with Crippen LogP contribution in [0.5, 0.6) is 0 Å². The van der Waals surface area contributed by atoms with Gasteiger partial charge in [-0.15, -0.1) is 0 Å². The van der Waals surface area contributed by atoms with Crippen molar-refractivity contribution < 1.29 is 14.3 Å². The number of cyclic esters (lactones) is 2. The summed E-state index contributed by atoms with van der Waals surface area (Å²) in [6.07, 6.45) is 1.81. The molecule has 0 bridgehead atoms. The Labute approximate surface area is 64.7 Å². The van der Waals surface area contributed by atoms with Crippen molar-refractivity contribution in [2.24, 2.45) is 17.8 Å². The minimum atomic E-state index is -0.302. The minimum absolute atomic E-state index is 0.113. The average Bonchev–Trinajstić information content (AvgIpc) is 2.41. The van der Waals surface area contributed by atoms with Crippen LogP contribution in [0, 0.1) is 17.8 Å². The summed E-state index contributed by atoms with van der Waals surface area (Å²) >= 11 is 0. The standard InChI is InChI=1S/C8H10O3/c1-4-2-3-5-6(4)8(10)11-7(5)9/h4-6H,2-3H2,1H3/t4-,5+,6-/m1/s1. The fraction of sp³-hybridized carbons (Fsp3) is 0.750. The summed E-state index contributed by atoms with van der Waals surface area (Å²) in [6.45, 7) is 2.00. The van der Waals surface area contributed by atoms with E-state index in [0.717, 1.165) is 12.8 Å². The summed E-state index contributed by atoms with van der Waals surface area (Å²) in [5, 5.41) is 0. The van der Waals surface area contributed by atoms with Gasteiger partial charge in [-0.2, -0.15) is 0 Å². The number of hydrogen-bond acceptors (Lipinski definition) is 3. The largest absolute Gasteiger partial charge is 0.393 e. The molecular weight excluding hydrogens is 144 g/mol. The van der Waals surface area contributed by atoms with Crippen molar-refractivity contribution in [3.63, 3.8) is 0 Å².